The highest BCUT2D eigenvalue weighted by Crippen LogP contribution is 2.33. The summed E-state index contributed by atoms with van der Waals surface area (Å²) in [6, 6.07) is 22.9. The number of ether oxygens (including phenoxy) is 2. The van der Waals surface area contributed by atoms with Crippen LogP contribution < -0.4 is 9.47 Å². The minimum Gasteiger partial charge on any atom is -0.497 e. The molecule has 0 bridgehead atoms. The van der Waals surface area contributed by atoms with E-state index in [1.807, 2.05) is 67.6 Å². The van der Waals surface area contributed by atoms with E-state index in [2.05, 4.69) is 10.2 Å². The van der Waals surface area contributed by atoms with E-state index in [4.69, 9.17) is 19.0 Å². The molecule has 8 heteroatoms. The molecule has 1 unspecified atom stereocenters. The van der Waals surface area contributed by atoms with E-state index in [1.54, 1.807) is 31.2 Å². The van der Waals surface area contributed by atoms with Crippen LogP contribution >= 0.6 is 0 Å². The Morgan fingerprint density at radius 1 is 0.917 bits per heavy atom. The van der Waals surface area contributed by atoms with Gasteiger partial charge >= 0.3 is 0 Å². The fraction of sp³-hybridized carbons (Fsp3) is 0.214. The van der Waals surface area contributed by atoms with Crippen LogP contribution in [0.1, 0.15) is 35.0 Å². The zero-order chi connectivity index (χ0) is 25.1. The molecule has 0 aliphatic carbocycles. The van der Waals surface area contributed by atoms with Crippen LogP contribution in [0, 0.1) is 13.8 Å². The molecule has 182 valence electrons. The Morgan fingerprint density at radius 2 is 1.58 bits per heavy atom. The lowest BCUT2D eigenvalue weighted by Gasteiger charge is -2.22. The maximum Gasteiger partial charge on any atom is 0.281 e. The van der Waals surface area contributed by atoms with Gasteiger partial charge in [-0.1, -0.05) is 29.8 Å². The number of amides is 1. The van der Waals surface area contributed by atoms with Crippen molar-refractivity contribution in [1.82, 2.24) is 15.2 Å². The SMILES string of the molecule is COc1ccc(C2=NN(C(=O)COc3ccc(-c4nnc(C)o4)cc3)C(c3ccc(C)cc3)C2)cc1. The lowest BCUT2D eigenvalue weighted by molar-refractivity contribution is -0.135. The van der Waals surface area contributed by atoms with Crippen LogP contribution in [0.15, 0.2) is 82.3 Å². The largest absolute Gasteiger partial charge is 0.497 e. The minimum atomic E-state index is -0.222. The molecule has 0 saturated heterocycles. The van der Waals surface area contributed by atoms with E-state index >= 15 is 0 Å². The number of benzene rings is 3. The topological polar surface area (TPSA) is 90.0 Å². The van der Waals surface area contributed by atoms with Gasteiger partial charge in [0.25, 0.3) is 5.91 Å². The van der Waals surface area contributed by atoms with E-state index < -0.39 is 0 Å². The second-order valence-electron chi connectivity index (χ2n) is 8.58. The van der Waals surface area contributed by atoms with Gasteiger partial charge < -0.3 is 13.9 Å². The molecule has 0 fully saturated rings. The van der Waals surface area contributed by atoms with Crippen molar-refractivity contribution in [3.8, 4) is 23.0 Å². The minimum absolute atomic E-state index is 0.138. The van der Waals surface area contributed by atoms with Crippen molar-refractivity contribution < 1.29 is 18.7 Å². The molecule has 1 aliphatic heterocycles. The van der Waals surface area contributed by atoms with Crippen molar-refractivity contribution in [3.63, 3.8) is 0 Å². The predicted octanol–water partition coefficient (Wildman–Crippen LogP) is 5.12. The van der Waals surface area contributed by atoms with Crippen molar-refractivity contribution in [2.75, 3.05) is 13.7 Å². The lowest BCUT2D eigenvalue weighted by Crippen LogP contribution is -2.31. The third-order valence-corrected chi connectivity index (χ3v) is 6.04. The molecule has 8 nitrogen and oxygen atoms in total. The third kappa shape index (κ3) is 4.98. The number of hydrogen-bond donors (Lipinski definition) is 0. The van der Waals surface area contributed by atoms with Crippen LogP contribution in [0.2, 0.25) is 0 Å². The summed E-state index contributed by atoms with van der Waals surface area (Å²) in [7, 11) is 1.63. The molecule has 36 heavy (non-hydrogen) atoms. The Hall–Kier alpha value is -4.46. The highest BCUT2D eigenvalue weighted by atomic mass is 16.5. The van der Waals surface area contributed by atoms with Crippen LogP contribution in [-0.4, -0.2) is 40.5 Å². The number of hydrazone groups is 1. The first-order valence-electron chi connectivity index (χ1n) is 11.6. The van der Waals surface area contributed by atoms with Gasteiger partial charge in [-0.2, -0.15) is 5.10 Å². The van der Waals surface area contributed by atoms with Crippen molar-refractivity contribution in [3.05, 3.63) is 95.4 Å². The number of aryl methyl sites for hydroxylation is 2. The highest BCUT2D eigenvalue weighted by molar-refractivity contribution is 6.03. The standard InChI is InChI=1S/C28H26N4O4/c1-18-4-6-21(7-5-18)26-16-25(20-8-12-23(34-3)13-9-20)31-32(26)27(33)17-35-24-14-10-22(11-15-24)28-30-29-19(2)36-28/h4-15,26H,16-17H2,1-3H3. The zero-order valence-electron chi connectivity index (χ0n) is 20.3. The summed E-state index contributed by atoms with van der Waals surface area (Å²) in [5, 5.41) is 14.1. The van der Waals surface area contributed by atoms with Crippen LogP contribution in [0.25, 0.3) is 11.5 Å². The average Bonchev–Trinajstić information content (AvgIpc) is 3.55. The smallest absolute Gasteiger partial charge is 0.281 e. The highest BCUT2D eigenvalue weighted by Gasteiger charge is 2.33. The van der Waals surface area contributed by atoms with Crippen molar-refractivity contribution in [2.24, 2.45) is 5.10 Å². The van der Waals surface area contributed by atoms with Crippen LogP contribution in [0.5, 0.6) is 11.5 Å². The number of carbonyl (C=O) groups is 1. The molecule has 1 amide bonds. The summed E-state index contributed by atoms with van der Waals surface area (Å²) >= 11 is 0. The summed E-state index contributed by atoms with van der Waals surface area (Å²) in [5.74, 6) is 2.05. The molecule has 1 atom stereocenters. The van der Waals surface area contributed by atoms with E-state index in [0.717, 1.165) is 33.7 Å². The Labute approximate surface area is 209 Å². The molecule has 2 heterocycles. The molecule has 4 aromatic rings. The predicted molar refractivity (Wildman–Crippen MR) is 135 cm³/mol. The molecule has 1 aromatic heterocycles. The molecule has 5 rings (SSSR count). The summed E-state index contributed by atoms with van der Waals surface area (Å²) < 4.78 is 16.5. The van der Waals surface area contributed by atoms with Gasteiger partial charge in [-0.3, -0.25) is 4.79 Å². The van der Waals surface area contributed by atoms with Gasteiger partial charge in [-0.05, 0) is 66.6 Å². The number of rotatable bonds is 7. The molecular formula is C28H26N4O4. The Bertz CT molecular complexity index is 1380. The van der Waals surface area contributed by atoms with Gasteiger partial charge in [0, 0.05) is 18.9 Å². The number of aromatic nitrogens is 2. The maximum atomic E-state index is 13.3. The quantitative estimate of drug-likeness (QED) is 0.363. The summed E-state index contributed by atoms with van der Waals surface area (Å²) in [6.07, 6.45) is 0.611. The Morgan fingerprint density at radius 3 is 2.22 bits per heavy atom. The summed E-state index contributed by atoms with van der Waals surface area (Å²) in [4.78, 5) is 13.3. The molecule has 0 N–H and O–H groups in total. The second-order valence-corrected chi connectivity index (χ2v) is 8.58. The van der Waals surface area contributed by atoms with Gasteiger partial charge in [0.1, 0.15) is 11.5 Å². The molecule has 0 spiro atoms. The van der Waals surface area contributed by atoms with Gasteiger partial charge in [0.05, 0.1) is 18.9 Å². The first kappa shape index (κ1) is 23.3. The fourth-order valence-corrected chi connectivity index (χ4v) is 4.06. The van der Waals surface area contributed by atoms with Gasteiger partial charge in [-0.15, -0.1) is 10.2 Å². The molecule has 1 aliphatic rings. The Balaban J connectivity index is 1.33. The number of carbonyl (C=O) groups excluding carboxylic acids is 1. The molecule has 0 saturated carbocycles. The Kier molecular flexibility index (Phi) is 6.49. The van der Waals surface area contributed by atoms with E-state index in [0.29, 0.717) is 24.0 Å². The van der Waals surface area contributed by atoms with E-state index in [9.17, 15) is 4.79 Å². The van der Waals surface area contributed by atoms with E-state index in [1.165, 1.54) is 0 Å². The van der Waals surface area contributed by atoms with Crippen molar-refractivity contribution in [1.29, 1.82) is 0 Å². The third-order valence-electron chi connectivity index (χ3n) is 6.04. The monoisotopic (exact) mass is 482 g/mol. The molecular weight excluding hydrogens is 456 g/mol. The summed E-state index contributed by atoms with van der Waals surface area (Å²) in [6.45, 7) is 3.64. The second kappa shape index (κ2) is 10.0. The van der Waals surface area contributed by atoms with Gasteiger partial charge in [-0.25, -0.2) is 5.01 Å². The maximum absolute atomic E-state index is 13.3. The molecule has 0 radical (unpaired) electrons. The zero-order valence-corrected chi connectivity index (χ0v) is 20.3. The molecule has 3 aromatic carbocycles. The average molecular weight is 483 g/mol. The number of hydrogen-bond acceptors (Lipinski definition) is 7. The van der Waals surface area contributed by atoms with Crippen LogP contribution in [0.4, 0.5) is 0 Å². The number of methoxy groups -OCH3 is 1. The van der Waals surface area contributed by atoms with Gasteiger partial charge in [0.2, 0.25) is 11.8 Å². The first-order valence-corrected chi connectivity index (χ1v) is 11.6. The van der Waals surface area contributed by atoms with E-state index in [-0.39, 0.29) is 18.6 Å². The van der Waals surface area contributed by atoms with Crippen LogP contribution in [0.3, 0.4) is 0 Å². The fourth-order valence-electron chi connectivity index (χ4n) is 4.06. The number of nitrogens with zero attached hydrogens (tertiary/aromatic N) is 4. The normalized spacial score (nSPS) is 15.0. The van der Waals surface area contributed by atoms with Crippen molar-refractivity contribution >= 4 is 11.6 Å². The van der Waals surface area contributed by atoms with Gasteiger partial charge in [0.15, 0.2) is 6.61 Å². The summed E-state index contributed by atoms with van der Waals surface area (Å²) in [5.41, 5.74) is 4.77. The lowest BCUT2D eigenvalue weighted by atomic mass is 9.97. The van der Waals surface area contributed by atoms with Crippen LogP contribution in [-0.2, 0) is 4.79 Å². The first-order chi connectivity index (χ1) is 17.5. The van der Waals surface area contributed by atoms with Crippen molar-refractivity contribution in [2.45, 2.75) is 26.3 Å².